The molecular weight excluding hydrogens is 232 g/mol. The Morgan fingerprint density at radius 3 is 2.47 bits per heavy atom. The molecule has 3 N–H and O–H groups in total. The SMILES string of the molecule is CC(C(N)=S)S(=O)(=O)NCC1(C)CCC1. The van der Waals surface area contributed by atoms with E-state index in [2.05, 4.69) is 23.9 Å². The molecule has 1 atom stereocenters. The summed E-state index contributed by atoms with van der Waals surface area (Å²) >= 11 is 4.67. The lowest BCUT2D eigenvalue weighted by atomic mass is 9.71. The van der Waals surface area contributed by atoms with Crippen molar-refractivity contribution in [1.29, 1.82) is 0 Å². The second-order valence-corrected chi connectivity index (χ2v) is 7.13. The van der Waals surface area contributed by atoms with Crippen LogP contribution in [0.25, 0.3) is 0 Å². The van der Waals surface area contributed by atoms with Crippen LogP contribution in [0, 0.1) is 5.41 Å². The summed E-state index contributed by atoms with van der Waals surface area (Å²) in [6.07, 6.45) is 3.34. The quantitative estimate of drug-likeness (QED) is 0.707. The fourth-order valence-electron chi connectivity index (χ4n) is 1.51. The lowest BCUT2D eigenvalue weighted by Crippen LogP contribution is -2.45. The third-order valence-electron chi connectivity index (χ3n) is 3.13. The molecule has 15 heavy (non-hydrogen) atoms. The molecule has 88 valence electrons. The van der Waals surface area contributed by atoms with Crippen LogP contribution in [-0.4, -0.2) is 25.2 Å². The van der Waals surface area contributed by atoms with Gasteiger partial charge in [-0.3, -0.25) is 0 Å². The van der Waals surface area contributed by atoms with Crippen molar-refractivity contribution in [2.24, 2.45) is 11.1 Å². The lowest BCUT2D eigenvalue weighted by molar-refractivity contribution is 0.166. The highest BCUT2D eigenvalue weighted by Crippen LogP contribution is 2.39. The topological polar surface area (TPSA) is 72.2 Å². The van der Waals surface area contributed by atoms with Gasteiger partial charge in [-0.25, -0.2) is 13.1 Å². The predicted molar refractivity (Wildman–Crippen MR) is 65.1 cm³/mol. The Kier molecular flexibility index (Phi) is 3.73. The summed E-state index contributed by atoms with van der Waals surface area (Å²) in [5, 5.41) is -0.795. The smallest absolute Gasteiger partial charge is 0.220 e. The van der Waals surface area contributed by atoms with Crippen LogP contribution in [0.1, 0.15) is 33.1 Å². The first-order chi connectivity index (χ1) is 6.77. The largest absolute Gasteiger partial charge is 0.392 e. The molecule has 4 nitrogen and oxygen atoms in total. The van der Waals surface area contributed by atoms with E-state index < -0.39 is 15.3 Å². The summed E-state index contributed by atoms with van der Waals surface area (Å²) in [6, 6.07) is 0. The van der Waals surface area contributed by atoms with Crippen LogP contribution in [0.5, 0.6) is 0 Å². The van der Waals surface area contributed by atoms with E-state index in [4.69, 9.17) is 5.73 Å². The highest BCUT2D eigenvalue weighted by atomic mass is 32.2. The number of rotatable bonds is 5. The van der Waals surface area contributed by atoms with Crippen molar-refractivity contribution in [3.8, 4) is 0 Å². The molecule has 0 aromatic heterocycles. The molecular formula is C9H18N2O2S2. The minimum absolute atomic E-state index is 0.0151. The Bertz CT molecular complexity index is 347. The van der Waals surface area contributed by atoms with E-state index >= 15 is 0 Å². The summed E-state index contributed by atoms with van der Waals surface area (Å²) in [4.78, 5) is 0.0151. The molecule has 0 heterocycles. The Morgan fingerprint density at radius 1 is 1.60 bits per heavy atom. The summed E-state index contributed by atoms with van der Waals surface area (Å²) < 4.78 is 25.9. The molecule has 6 heteroatoms. The molecule has 0 aliphatic heterocycles. The molecule has 0 saturated heterocycles. The van der Waals surface area contributed by atoms with Crippen molar-refractivity contribution in [3.63, 3.8) is 0 Å². The van der Waals surface area contributed by atoms with Gasteiger partial charge in [-0.05, 0) is 25.2 Å². The predicted octanol–water partition coefficient (Wildman–Crippen LogP) is 0.771. The Hall–Kier alpha value is -0.200. The number of hydrogen-bond acceptors (Lipinski definition) is 3. The van der Waals surface area contributed by atoms with Gasteiger partial charge in [0, 0.05) is 6.54 Å². The van der Waals surface area contributed by atoms with E-state index in [9.17, 15) is 8.42 Å². The maximum Gasteiger partial charge on any atom is 0.220 e. The van der Waals surface area contributed by atoms with Gasteiger partial charge in [0.15, 0.2) is 0 Å². The van der Waals surface area contributed by atoms with Crippen LogP contribution in [0.3, 0.4) is 0 Å². The zero-order valence-corrected chi connectivity index (χ0v) is 10.7. The Labute approximate surface area is 96.7 Å². The molecule has 0 bridgehead atoms. The molecule has 0 spiro atoms. The van der Waals surface area contributed by atoms with Crippen LogP contribution >= 0.6 is 12.2 Å². The fourth-order valence-corrected chi connectivity index (χ4v) is 3.00. The zero-order chi connectivity index (χ0) is 11.7. The van der Waals surface area contributed by atoms with E-state index in [0.29, 0.717) is 6.54 Å². The number of sulfonamides is 1. The third kappa shape index (κ3) is 3.12. The van der Waals surface area contributed by atoms with E-state index in [1.807, 2.05) is 0 Å². The number of thiocarbonyl (C=S) groups is 1. The van der Waals surface area contributed by atoms with E-state index in [-0.39, 0.29) is 10.4 Å². The normalized spacial score (nSPS) is 21.7. The van der Waals surface area contributed by atoms with Gasteiger partial charge in [0.05, 0.1) is 4.99 Å². The maximum atomic E-state index is 11.7. The maximum absolute atomic E-state index is 11.7. The van der Waals surface area contributed by atoms with Gasteiger partial charge in [0.2, 0.25) is 10.0 Å². The van der Waals surface area contributed by atoms with Crippen LogP contribution < -0.4 is 10.5 Å². The average Bonchev–Trinajstić information content (AvgIpc) is 2.10. The van der Waals surface area contributed by atoms with Gasteiger partial charge < -0.3 is 5.73 Å². The third-order valence-corrected chi connectivity index (χ3v) is 5.36. The van der Waals surface area contributed by atoms with Crippen molar-refractivity contribution >= 4 is 27.2 Å². The van der Waals surface area contributed by atoms with Gasteiger partial charge in [0.1, 0.15) is 5.25 Å². The van der Waals surface area contributed by atoms with Gasteiger partial charge in [-0.15, -0.1) is 0 Å². The molecule has 1 unspecified atom stereocenters. The van der Waals surface area contributed by atoms with Crippen molar-refractivity contribution in [3.05, 3.63) is 0 Å². The molecule has 1 fully saturated rings. The van der Waals surface area contributed by atoms with E-state index in [0.717, 1.165) is 12.8 Å². The Balaban J connectivity index is 2.53. The zero-order valence-electron chi connectivity index (χ0n) is 9.12. The van der Waals surface area contributed by atoms with Gasteiger partial charge in [-0.1, -0.05) is 25.6 Å². The number of nitrogens with one attached hydrogen (secondary N) is 1. The highest BCUT2D eigenvalue weighted by Gasteiger charge is 2.34. The number of nitrogens with two attached hydrogens (primary N) is 1. The standard InChI is InChI=1S/C9H18N2O2S2/c1-7(8(10)14)15(12,13)11-6-9(2)4-3-5-9/h7,11H,3-6H2,1-2H3,(H2,10,14). The van der Waals surface area contributed by atoms with Crippen LogP contribution in [0.4, 0.5) is 0 Å². The summed E-state index contributed by atoms with van der Waals surface area (Å²) in [7, 11) is -3.39. The van der Waals surface area contributed by atoms with Gasteiger partial charge in [0.25, 0.3) is 0 Å². The van der Waals surface area contributed by atoms with E-state index in [1.165, 1.54) is 13.3 Å². The molecule has 0 amide bonds. The van der Waals surface area contributed by atoms with E-state index in [1.54, 1.807) is 0 Å². The fraction of sp³-hybridized carbons (Fsp3) is 0.889. The minimum atomic E-state index is -3.39. The molecule has 0 aromatic carbocycles. The first kappa shape index (κ1) is 12.9. The monoisotopic (exact) mass is 250 g/mol. The molecule has 0 radical (unpaired) electrons. The van der Waals surface area contributed by atoms with Crippen LogP contribution in [0.15, 0.2) is 0 Å². The first-order valence-corrected chi connectivity index (χ1v) is 7.00. The summed E-state index contributed by atoms with van der Waals surface area (Å²) in [5.74, 6) is 0. The lowest BCUT2D eigenvalue weighted by Gasteiger charge is -2.38. The van der Waals surface area contributed by atoms with Crippen molar-refractivity contribution in [1.82, 2.24) is 4.72 Å². The van der Waals surface area contributed by atoms with Crippen LogP contribution in [0.2, 0.25) is 0 Å². The van der Waals surface area contributed by atoms with Crippen LogP contribution in [-0.2, 0) is 10.0 Å². The van der Waals surface area contributed by atoms with Crippen molar-refractivity contribution in [2.45, 2.75) is 38.4 Å². The molecule has 0 aromatic rings. The number of hydrogen-bond donors (Lipinski definition) is 2. The summed E-state index contributed by atoms with van der Waals surface area (Å²) in [6.45, 7) is 4.08. The second-order valence-electron chi connectivity index (χ2n) is 4.57. The van der Waals surface area contributed by atoms with Crippen molar-refractivity contribution in [2.75, 3.05) is 6.54 Å². The minimum Gasteiger partial charge on any atom is -0.392 e. The highest BCUT2D eigenvalue weighted by molar-refractivity contribution is 7.93. The second kappa shape index (κ2) is 4.35. The molecule has 1 rings (SSSR count). The average molecular weight is 250 g/mol. The first-order valence-electron chi connectivity index (χ1n) is 5.05. The van der Waals surface area contributed by atoms with Gasteiger partial charge >= 0.3 is 0 Å². The van der Waals surface area contributed by atoms with Crippen molar-refractivity contribution < 1.29 is 8.42 Å². The Morgan fingerprint density at radius 2 is 2.13 bits per heavy atom. The van der Waals surface area contributed by atoms with Gasteiger partial charge in [-0.2, -0.15) is 0 Å². The molecule has 1 saturated carbocycles. The molecule has 1 aliphatic rings. The molecule has 1 aliphatic carbocycles. The summed E-state index contributed by atoms with van der Waals surface area (Å²) in [5.41, 5.74) is 5.45.